The normalized spacial score (nSPS) is 10.0. The lowest BCUT2D eigenvalue weighted by molar-refractivity contribution is -0.384. The van der Waals surface area contributed by atoms with E-state index in [0.29, 0.717) is 30.9 Å². The van der Waals surface area contributed by atoms with Crippen molar-refractivity contribution < 1.29 is 14.5 Å². The molecule has 1 rings (SSSR count). The lowest BCUT2D eigenvalue weighted by Crippen LogP contribution is -2.29. The number of benzene rings is 1. The third-order valence-corrected chi connectivity index (χ3v) is 2.47. The van der Waals surface area contributed by atoms with Crippen LogP contribution in [0.25, 0.3) is 0 Å². The van der Waals surface area contributed by atoms with Crippen molar-refractivity contribution in [3.8, 4) is 5.75 Å². The second-order valence-electron chi connectivity index (χ2n) is 3.91. The van der Waals surface area contributed by atoms with Gasteiger partial charge in [-0.05, 0) is 6.07 Å². The van der Waals surface area contributed by atoms with E-state index < -0.39 is 4.92 Å². The van der Waals surface area contributed by atoms with Crippen molar-refractivity contribution in [1.29, 1.82) is 0 Å². The maximum absolute atomic E-state index is 10.7. The minimum absolute atomic E-state index is 0.0273. The molecule has 0 heterocycles. The smallest absolute Gasteiger partial charge is 0.270 e. The predicted molar refractivity (Wildman–Crippen MR) is 70.0 cm³/mol. The number of carbonyl (C=O) groups excluding carboxylic acids is 1. The lowest BCUT2D eigenvalue weighted by atomic mass is 10.1. The lowest BCUT2D eigenvalue weighted by Gasteiger charge is -2.09. The molecule has 1 aromatic rings. The Morgan fingerprint density at radius 3 is 2.74 bits per heavy atom. The van der Waals surface area contributed by atoms with Gasteiger partial charge in [-0.3, -0.25) is 14.9 Å². The second kappa shape index (κ2) is 7.32. The quantitative estimate of drug-likeness (QED) is 0.433. The van der Waals surface area contributed by atoms with Crippen molar-refractivity contribution >= 4 is 11.6 Å². The summed E-state index contributed by atoms with van der Waals surface area (Å²) in [4.78, 5) is 20.9. The van der Waals surface area contributed by atoms with Gasteiger partial charge in [-0.25, -0.2) is 0 Å². The van der Waals surface area contributed by atoms with Crippen molar-refractivity contribution in [2.24, 2.45) is 0 Å². The Morgan fingerprint density at radius 1 is 1.42 bits per heavy atom. The molecule has 0 aromatic heterocycles. The minimum atomic E-state index is -0.444. The molecular weight excluding hydrogens is 250 g/mol. The fraction of sp³-hybridized carbons (Fsp3) is 0.417. The molecule has 0 radical (unpaired) electrons. The number of nitro benzene ring substituents is 1. The van der Waals surface area contributed by atoms with Crippen LogP contribution in [0.4, 0.5) is 5.69 Å². The van der Waals surface area contributed by atoms with Gasteiger partial charge in [0.05, 0.1) is 12.0 Å². The number of ether oxygens (including phenoxy) is 1. The number of amides is 1. The fourth-order valence-corrected chi connectivity index (χ4v) is 1.57. The summed E-state index contributed by atoms with van der Waals surface area (Å²) in [5.74, 6) is 0.507. The molecule has 0 saturated carbocycles. The van der Waals surface area contributed by atoms with Crippen LogP contribution in [0.5, 0.6) is 5.75 Å². The van der Waals surface area contributed by atoms with E-state index in [4.69, 9.17) is 4.74 Å². The van der Waals surface area contributed by atoms with E-state index in [1.807, 2.05) is 0 Å². The summed E-state index contributed by atoms with van der Waals surface area (Å²) in [6.45, 7) is 2.96. The predicted octanol–water partition coefficient (Wildman–Crippen LogP) is 0.829. The van der Waals surface area contributed by atoms with Crippen molar-refractivity contribution in [2.75, 3.05) is 20.2 Å². The van der Waals surface area contributed by atoms with Gasteiger partial charge in [0.1, 0.15) is 5.75 Å². The highest BCUT2D eigenvalue weighted by Gasteiger charge is 2.10. The van der Waals surface area contributed by atoms with E-state index in [1.54, 1.807) is 6.07 Å². The Kier molecular flexibility index (Phi) is 5.74. The zero-order chi connectivity index (χ0) is 14.3. The molecule has 0 aliphatic heterocycles. The Bertz CT molecular complexity index is 462. The third-order valence-electron chi connectivity index (χ3n) is 2.47. The van der Waals surface area contributed by atoms with Crippen LogP contribution in [-0.2, 0) is 11.3 Å². The number of nitrogens with one attached hydrogen (secondary N) is 2. The molecular formula is C12H17N3O4. The van der Waals surface area contributed by atoms with Gasteiger partial charge in [0.25, 0.3) is 5.69 Å². The van der Waals surface area contributed by atoms with Crippen LogP contribution in [-0.4, -0.2) is 31.0 Å². The van der Waals surface area contributed by atoms with Gasteiger partial charge in [-0.1, -0.05) is 0 Å². The molecule has 2 N–H and O–H groups in total. The van der Waals surface area contributed by atoms with Crippen LogP contribution in [0.2, 0.25) is 0 Å². The highest BCUT2D eigenvalue weighted by atomic mass is 16.6. The van der Waals surface area contributed by atoms with E-state index in [9.17, 15) is 14.9 Å². The van der Waals surface area contributed by atoms with Crippen molar-refractivity contribution in [2.45, 2.75) is 13.5 Å². The number of hydrogen-bond donors (Lipinski definition) is 2. The summed E-state index contributed by atoms with van der Waals surface area (Å²) >= 11 is 0. The second-order valence-corrected chi connectivity index (χ2v) is 3.91. The molecule has 0 atom stereocenters. The number of non-ortho nitro benzene ring substituents is 1. The van der Waals surface area contributed by atoms with Crippen LogP contribution in [0.15, 0.2) is 18.2 Å². The first-order valence-electron chi connectivity index (χ1n) is 5.81. The molecule has 0 aliphatic carbocycles. The summed E-state index contributed by atoms with van der Waals surface area (Å²) in [5, 5.41) is 16.4. The number of nitrogens with zero attached hydrogens (tertiary/aromatic N) is 1. The molecule has 7 heteroatoms. The van der Waals surface area contributed by atoms with Crippen LogP contribution >= 0.6 is 0 Å². The molecule has 0 saturated heterocycles. The summed E-state index contributed by atoms with van der Waals surface area (Å²) in [6.07, 6.45) is 0. The highest BCUT2D eigenvalue weighted by Crippen LogP contribution is 2.23. The van der Waals surface area contributed by atoms with Crippen LogP contribution in [0.3, 0.4) is 0 Å². The molecule has 0 bridgehead atoms. The number of nitro groups is 1. The molecule has 1 amide bonds. The van der Waals surface area contributed by atoms with Gasteiger partial charge in [0.2, 0.25) is 5.91 Å². The monoisotopic (exact) mass is 267 g/mol. The van der Waals surface area contributed by atoms with Crippen molar-refractivity contribution in [3.05, 3.63) is 33.9 Å². The Hall–Kier alpha value is -2.15. The first-order chi connectivity index (χ1) is 9.04. The van der Waals surface area contributed by atoms with Gasteiger partial charge < -0.3 is 15.4 Å². The maximum Gasteiger partial charge on any atom is 0.270 e. The molecule has 104 valence electrons. The minimum Gasteiger partial charge on any atom is -0.496 e. The van der Waals surface area contributed by atoms with Crippen LogP contribution in [0.1, 0.15) is 12.5 Å². The number of rotatable bonds is 7. The highest BCUT2D eigenvalue weighted by molar-refractivity contribution is 5.72. The number of hydrogen-bond acceptors (Lipinski definition) is 5. The topological polar surface area (TPSA) is 93.5 Å². The zero-order valence-corrected chi connectivity index (χ0v) is 10.9. The SMILES string of the molecule is COc1ccc([N+](=O)[O-])cc1CNCCNC(C)=O. The summed E-state index contributed by atoms with van der Waals surface area (Å²) in [6, 6.07) is 4.45. The third kappa shape index (κ3) is 4.92. The summed E-state index contributed by atoms with van der Waals surface area (Å²) in [5.41, 5.74) is 0.735. The van der Waals surface area contributed by atoms with E-state index in [0.717, 1.165) is 0 Å². The Balaban J connectivity index is 2.57. The standard InChI is InChI=1S/C12H17N3O4/c1-9(16)14-6-5-13-8-10-7-11(15(17)18)3-4-12(10)19-2/h3-4,7,13H,5-6,8H2,1-2H3,(H,14,16). The largest absolute Gasteiger partial charge is 0.496 e. The number of methoxy groups -OCH3 is 1. The summed E-state index contributed by atoms with van der Waals surface area (Å²) < 4.78 is 5.14. The van der Waals surface area contributed by atoms with E-state index in [1.165, 1.54) is 26.2 Å². The fourth-order valence-electron chi connectivity index (χ4n) is 1.57. The first kappa shape index (κ1) is 14.9. The zero-order valence-electron chi connectivity index (χ0n) is 10.9. The average Bonchev–Trinajstić information content (AvgIpc) is 2.37. The average molecular weight is 267 g/mol. The van der Waals surface area contributed by atoms with Gasteiger partial charge in [0, 0.05) is 44.3 Å². The van der Waals surface area contributed by atoms with Gasteiger partial charge >= 0.3 is 0 Å². The molecule has 19 heavy (non-hydrogen) atoms. The molecule has 1 aromatic carbocycles. The van der Waals surface area contributed by atoms with Gasteiger partial charge in [0.15, 0.2) is 0 Å². The van der Waals surface area contributed by atoms with E-state index in [2.05, 4.69) is 10.6 Å². The molecule has 0 aliphatic rings. The molecule has 0 fully saturated rings. The first-order valence-corrected chi connectivity index (χ1v) is 5.81. The number of carbonyl (C=O) groups is 1. The Labute approximate surface area is 111 Å². The van der Waals surface area contributed by atoms with Crippen molar-refractivity contribution in [1.82, 2.24) is 10.6 Å². The van der Waals surface area contributed by atoms with Crippen molar-refractivity contribution in [3.63, 3.8) is 0 Å². The maximum atomic E-state index is 10.7. The van der Waals surface area contributed by atoms with E-state index in [-0.39, 0.29) is 11.6 Å². The Morgan fingerprint density at radius 2 is 2.16 bits per heavy atom. The van der Waals surface area contributed by atoms with Gasteiger partial charge in [-0.2, -0.15) is 0 Å². The molecule has 0 spiro atoms. The molecule has 0 unspecified atom stereocenters. The van der Waals surface area contributed by atoms with E-state index >= 15 is 0 Å². The van der Waals surface area contributed by atoms with Crippen LogP contribution < -0.4 is 15.4 Å². The van der Waals surface area contributed by atoms with Gasteiger partial charge in [-0.15, -0.1) is 0 Å². The summed E-state index contributed by atoms with van der Waals surface area (Å²) in [7, 11) is 1.52. The molecule has 7 nitrogen and oxygen atoms in total. The van der Waals surface area contributed by atoms with Crippen LogP contribution in [0, 0.1) is 10.1 Å².